The molecular formula is C14H20N2O4. The SMILES string of the molecule is COCCN(CCOC)C(=O)N(C=O)c1ccccc1. The van der Waals surface area contributed by atoms with Crippen LogP contribution < -0.4 is 4.90 Å². The molecule has 0 atom stereocenters. The standard InChI is InChI=1S/C14H20N2O4/c1-19-10-8-15(9-11-20-2)14(18)16(12-17)13-6-4-3-5-7-13/h3-7,12H,8-11H2,1-2H3. The van der Waals surface area contributed by atoms with E-state index in [1.165, 1.54) is 4.90 Å². The smallest absolute Gasteiger partial charge is 0.331 e. The number of carbonyl (C=O) groups is 2. The molecule has 0 spiro atoms. The van der Waals surface area contributed by atoms with Crippen LogP contribution in [0, 0.1) is 0 Å². The van der Waals surface area contributed by atoms with Crippen LogP contribution >= 0.6 is 0 Å². The summed E-state index contributed by atoms with van der Waals surface area (Å²) in [6, 6.07) is 8.39. The molecule has 0 aromatic heterocycles. The van der Waals surface area contributed by atoms with Gasteiger partial charge in [0.05, 0.1) is 18.9 Å². The number of methoxy groups -OCH3 is 2. The van der Waals surface area contributed by atoms with Crippen molar-refractivity contribution in [3.8, 4) is 0 Å². The van der Waals surface area contributed by atoms with Crippen LogP contribution in [0.5, 0.6) is 0 Å². The molecule has 6 nitrogen and oxygen atoms in total. The third-order valence-corrected chi connectivity index (χ3v) is 2.75. The van der Waals surface area contributed by atoms with Crippen molar-refractivity contribution >= 4 is 18.1 Å². The number of imide groups is 1. The van der Waals surface area contributed by atoms with Crippen LogP contribution in [0.25, 0.3) is 0 Å². The molecule has 0 saturated carbocycles. The second-order valence-corrected chi connectivity index (χ2v) is 4.07. The van der Waals surface area contributed by atoms with Crippen LogP contribution in [-0.2, 0) is 14.3 Å². The first-order valence-corrected chi connectivity index (χ1v) is 6.31. The molecule has 0 saturated heterocycles. The molecule has 6 heteroatoms. The number of para-hydroxylation sites is 1. The maximum Gasteiger partial charge on any atom is 0.331 e. The molecule has 0 unspecified atom stereocenters. The summed E-state index contributed by atoms with van der Waals surface area (Å²) in [7, 11) is 3.13. The number of anilines is 1. The molecule has 110 valence electrons. The van der Waals surface area contributed by atoms with Gasteiger partial charge in [0, 0.05) is 27.3 Å². The summed E-state index contributed by atoms with van der Waals surface area (Å²) >= 11 is 0. The topological polar surface area (TPSA) is 59.1 Å². The normalized spacial score (nSPS) is 10.1. The molecule has 0 fully saturated rings. The van der Waals surface area contributed by atoms with Gasteiger partial charge in [-0.25, -0.2) is 9.69 Å². The van der Waals surface area contributed by atoms with Crippen molar-refractivity contribution in [3.63, 3.8) is 0 Å². The Morgan fingerprint density at radius 2 is 1.65 bits per heavy atom. The number of hydrogen-bond donors (Lipinski definition) is 0. The van der Waals surface area contributed by atoms with E-state index in [9.17, 15) is 9.59 Å². The zero-order valence-corrected chi connectivity index (χ0v) is 11.8. The first-order chi connectivity index (χ1) is 9.74. The first kappa shape index (κ1) is 16.1. The molecule has 1 aromatic rings. The van der Waals surface area contributed by atoms with Gasteiger partial charge in [-0.05, 0) is 12.1 Å². The number of amides is 3. The van der Waals surface area contributed by atoms with Gasteiger partial charge in [0.1, 0.15) is 0 Å². The van der Waals surface area contributed by atoms with E-state index in [1.54, 1.807) is 38.5 Å². The maximum atomic E-state index is 12.4. The van der Waals surface area contributed by atoms with Gasteiger partial charge in [0.25, 0.3) is 0 Å². The van der Waals surface area contributed by atoms with Crippen molar-refractivity contribution < 1.29 is 19.1 Å². The lowest BCUT2D eigenvalue weighted by Crippen LogP contribution is -2.45. The van der Waals surface area contributed by atoms with Gasteiger partial charge < -0.3 is 14.4 Å². The predicted molar refractivity (Wildman–Crippen MR) is 75.7 cm³/mol. The van der Waals surface area contributed by atoms with Crippen LogP contribution in [0.15, 0.2) is 30.3 Å². The lowest BCUT2D eigenvalue weighted by Gasteiger charge is -2.26. The lowest BCUT2D eigenvalue weighted by atomic mass is 10.3. The second-order valence-electron chi connectivity index (χ2n) is 4.07. The number of carbonyl (C=O) groups excluding carboxylic acids is 2. The summed E-state index contributed by atoms with van der Waals surface area (Å²) in [4.78, 5) is 26.2. The predicted octanol–water partition coefficient (Wildman–Crippen LogP) is 1.36. The Hall–Kier alpha value is -1.92. The van der Waals surface area contributed by atoms with Crippen molar-refractivity contribution in [2.45, 2.75) is 0 Å². The monoisotopic (exact) mass is 280 g/mol. The van der Waals surface area contributed by atoms with Crippen LogP contribution in [0.2, 0.25) is 0 Å². The van der Waals surface area contributed by atoms with Crippen LogP contribution in [0.3, 0.4) is 0 Å². The number of hydrogen-bond acceptors (Lipinski definition) is 4. The molecule has 0 radical (unpaired) electrons. The second kappa shape index (κ2) is 9.06. The quantitative estimate of drug-likeness (QED) is 0.675. The van der Waals surface area contributed by atoms with E-state index in [0.717, 1.165) is 4.90 Å². The Kier molecular flexibility index (Phi) is 7.31. The van der Waals surface area contributed by atoms with Gasteiger partial charge in [-0.3, -0.25) is 4.79 Å². The third-order valence-electron chi connectivity index (χ3n) is 2.75. The fraction of sp³-hybridized carbons (Fsp3) is 0.429. The van der Waals surface area contributed by atoms with Gasteiger partial charge >= 0.3 is 6.03 Å². The lowest BCUT2D eigenvalue weighted by molar-refractivity contribution is -0.107. The number of benzene rings is 1. The Morgan fingerprint density at radius 1 is 1.10 bits per heavy atom. The average Bonchev–Trinajstić information content (AvgIpc) is 2.49. The van der Waals surface area contributed by atoms with Crippen molar-refractivity contribution in [2.24, 2.45) is 0 Å². The maximum absolute atomic E-state index is 12.4. The van der Waals surface area contributed by atoms with Crippen LogP contribution in [-0.4, -0.2) is 57.9 Å². The highest BCUT2D eigenvalue weighted by atomic mass is 16.5. The summed E-state index contributed by atoms with van der Waals surface area (Å²) in [5.41, 5.74) is 0.535. The number of rotatable bonds is 8. The van der Waals surface area contributed by atoms with Gasteiger partial charge in [-0.2, -0.15) is 0 Å². The zero-order valence-electron chi connectivity index (χ0n) is 11.8. The molecule has 3 amide bonds. The molecule has 1 rings (SSSR count). The summed E-state index contributed by atoms with van der Waals surface area (Å²) in [5.74, 6) is 0. The minimum atomic E-state index is -0.389. The largest absolute Gasteiger partial charge is 0.383 e. The number of ether oxygens (including phenoxy) is 2. The van der Waals surface area contributed by atoms with Crippen molar-refractivity contribution in [2.75, 3.05) is 45.4 Å². The van der Waals surface area contributed by atoms with E-state index in [4.69, 9.17) is 9.47 Å². The summed E-state index contributed by atoms with van der Waals surface area (Å²) in [5, 5.41) is 0. The molecule has 0 heterocycles. The number of urea groups is 1. The molecule has 0 aliphatic carbocycles. The van der Waals surface area contributed by atoms with E-state index < -0.39 is 0 Å². The Labute approximate surface area is 118 Å². The summed E-state index contributed by atoms with van der Waals surface area (Å²) < 4.78 is 9.96. The highest BCUT2D eigenvalue weighted by Crippen LogP contribution is 2.13. The summed E-state index contributed by atoms with van der Waals surface area (Å²) in [6.45, 7) is 1.60. The van der Waals surface area contributed by atoms with E-state index in [1.807, 2.05) is 6.07 Å². The van der Waals surface area contributed by atoms with Crippen molar-refractivity contribution in [3.05, 3.63) is 30.3 Å². The van der Waals surface area contributed by atoms with Crippen LogP contribution in [0.4, 0.5) is 10.5 Å². The van der Waals surface area contributed by atoms with E-state index in [2.05, 4.69) is 0 Å². The van der Waals surface area contributed by atoms with E-state index >= 15 is 0 Å². The molecule has 0 aliphatic rings. The minimum absolute atomic E-state index is 0.389. The molecule has 20 heavy (non-hydrogen) atoms. The van der Waals surface area contributed by atoms with E-state index in [-0.39, 0.29) is 6.03 Å². The number of nitrogens with zero attached hydrogens (tertiary/aromatic N) is 2. The van der Waals surface area contributed by atoms with Gasteiger partial charge in [0.15, 0.2) is 0 Å². The van der Waals surface area contributed by atoms with Crippen molar-refractivity contribution in [1.29, 1.82) is 0 Å². The molecule has 0 N–H and O–H groups in total. The Balaban J connectivity index is 2.81. The highest BCUT2D eigenvalue weighted by molar-refractivity contribution is 6.05. The molecule has 1 aromatic carbocycles. The van der Waals surface area contributed by atoms with Gasteiger partial charge in [-0.1, -0.05) is 18.2 Å². The average molecular weight is 280 g/mol. The van der Waals surface area contributed by atoms with Crippen LogP contribution in [0.1, 0.15) is 0 Å². The Bertz CT molecular complexity index is 403. The zero-order chi connectivity index (χ0) is 14.8. The fourth-order valence-electron chi connectivity index (χ4n) is 1.66. The summed E-state index contributed by atoms with van der Waals surface area (Å²) in [6.07, 6.45) is 0.518. The molecular weight excluding hydrogens is 260 g/mol. The van der Waals surface area contributed by atoms with Gasteiger partial charge in [0.2, 0.25) is 6.41 Å². The van der Waals surface area contributed by atoms with Gasteiger partial charge in [-0.15, -0.1) is 0 Å². The minimum Gasteiger partial charge on any atom is -0.383 e. The Morgan fingerprint density at radius 3 is 2.10 bits per heavy atom. The molecule has 0 bridgehead atoms. The highest BCUT2D eigenvalue weighted by Gasteiger charge is 2.21. The molecule has 0 aliphatic heterocycles. The third kappa shape index (κ3) is 4.64. The first-order valence-electron chi connectivity index (χ1n) is 6.31. The van der Waals surface area contributed by atoms with Crippen molar-refractivity contribution in [1.82, 2.24) is 4.90 Å². The van der Waals surface area contributed by atoms with E-state index in [0.29, 0.717) is 38.4 Å². The fourth-order valence-corrected chi connectivity index (χ4v) is 1.66.